The molecule has 0 N–H and O–H groups in total. The number of hydrogen-bond donors (Lipinski definition) is 0. The Morgan fingerprint density at radius 3 is 2.72 bits per heavy atom. The fourth-order valence-electron chi connectivity index (χ4n) is 2.04. The second-order valence-corrected chi connectivity index (χ2v) is 4.22. The summed E-state index contributed by atoms with van der Waals surface area (Å²) in [6, 6.07) is 14.7. The molecule has 1 aliphatic rings. The molecule has 0 amide bonds. The van der Waals surface area contributed by atoms with Crippen LogP contribution >= 0.6 is 0 Å². The molecule has 0 aliphatic heterocycles. The highest BCUT2D eigenvalue weighted by atomic mass is 16.5. The summed E-state index contributed by atoms with van der Waals surface area (Å²) in [5.74, 6) is 0.285. The fraction of sp³-hybridized carbons (Fsp3) is 0.0625. The van der Waals surface area contributed by atoms with Gasteiger partial charge in [-0.2, -0.15) is 0 Å². The Labute approximate surface area is 106 Å². The van der Waals surface area contributed by atoms with Gasteiger partial charge in [0.1, 0.15) is 5.75 Å². The van der Waals surface area contributed by atoms with E-state index in [-0.39, 0.29) is 5.97 Å². The zero-order chi connectivity index (χ0) is 12.4. The maximum atomic E-state index is 11.9. The van der Waals surface area contributed by atoms with E-state index in [2.05, 4.69) is 12.2 Å². The largest absolute Gasteiger partial charge is 0.423 e. The van der Waals surface area contributed by atoms with E-state index in [1.165, 1.54) is 11.1 Å². The lowest BCUT2D eigenvalue weighted by atomic mass is 10.1. The van der Waals surface area contributed by atoms with E-state index in [0.717, 1.165) is 6.42 Å². The SMILES string of the molecule is O=C(Oc1ccc2c(c1)CC=C2)c1ccccc1. The van der Waals surface area contributed by atoms with E-state index >= 15 is 0 Å². The van der Waals surface area contributed by atoms with Crippen molar-refractivity contribution in [3.8, 4) is 5.75 Å². The van der Waals surface area contributed by atoms with Gasteiger partial charge in [0.15, 0.2) is 0 Å². The molecule has 0 saturated heterocycles. The Morgan fingerprint density at radius 1 is 1.06 bits per heavy atom. The summed E-state index contributed by atoms with van der Waals surface area (Å²) in [6.07, 6.45) is 5.09. The van der Waals surface area contributed by atoms with Crippen LogP contribution in [0.5, 0.6) is 5.75 Å². The normalized spacial score (nSPS) is 12.2. The van der Waals surface area contributed by atoms with Gasteiger partial charge in [-0.1, -0.05) is 36.4 Å². The molecule has 0 bridgehead atoms. The maximum absolute atomic E-state index is 11.9. The van der Waals surface area contributed by atoms with Crippen molar-refractivity contribution in [1.82, 2.24) is 0 Å². The van der Waals surface area contributed by atoms with Crippen LogP contribution in [0.2, 0.25) is 0 Å². The van der Waals surface area contributed by atoms with E-state index in [1.54, 1.807) is 12.1 Å². The van der Waals surface area contributed by atoms with Gasteiger partial charge in [0.2, 0.25) is 0 Å². The van der Waals surface area contributed by atoms with Gasteiger partial charge in [0.25, 0.3) is 0 Å². The minimum atomic E-state index is -0.318. The molecule has 18 heavy (non-hydrogen) atoms. The molecule has 0 spiro atoms. The number of hydrogen-bond acceptors (Lipinski definition) is 2. The molecule has 0 saturated carbocycles. The lowest BCUT2D eigenvalue weighted by Gasteiger charge is -2.06. The van der Waals surface area contributed by atoms with Crippen LogP contribution in [0.4, 0.5) is 0 Å². The number of fused-ring (bicyclic) bond motifs is 1. The third-order valence-electron chi connectivity index (χ3n) is 2.97. The van der Waals surface area contributed by atoms with Gasteiger partial charge in [0.05, 0.1) is 5.56 Å². The number of carbonyl (C=O) groups is 1. The highest BCUT2D eigenvalue weighted by Gasteiger charge is 2.10. The van der Waals surface area contributed by atoms with Gasteiger partial charge in [0, 0.05) is 0 Å². The molecule has 0 aromatic heterocycles. The number of carbonyl (C=O) groups excluding carboxylic acids is 1. The molecule has 3 rings (SSSR count). The molecule has 88 valence electrons. The van der Waals surface area contributed by atoms with E-state index < -0.39 is 0 Å². The van der Waals surface area contributed by atoms with Crippen LogP contribution in [0.15, 0.2) is 54.6 Å². The van der Waals surface area contributed by atoms with Gasteiger partial charge in [-0.3, -0.25) is 0 Å². The predicted octanol–water partition coefficient (Wildman–Crippen LogP) is 3.48. The first kappa shape index (κ1) is 10.8. The Kier molecular flexibility index (Phi) is 2.69. The quantitative estimate of drug-likeness (QED) is 0.589. The summed E-state index contributed by atoms with van der Waals surface area (Å²) in [6.45, 7) is 0. The van der Waals surface area contributed by atoms with Crippen molar-refractivity contribution in [2.24, 2.45) is 0 Å². The third-order valence-corrected chi connectivity index (χ3v) is 2.97. The number of allylic oxidation sites excluding steroid dienone is 1. The van der Waals surface area contributed by atoms with Gasteiger partial charge >= 0.3 is 5.97 Å². The van der Waals surface area contributed by atoms with Crippen molar-refractivity contribution < 1.29 is 9.53 Å². The van der Waals surface area contributed by atoms with Crippen molar-refractivity contribution in [3.63, 3.8) is 0 Å². The van der Waals surface area contributed by atoms with Crippen molar-refractivity contribution in [3.05, 3.63) is 71.3 Å². The average Bonchev–Trinajstić information content (AvgIpc) is 2.87. The Morgan fingerprint density at radius 2 is 1.89 bits per heavy atom. The first-order valence-electron chi connectivity index (χ1n) is 5.89. The number of ether oxygens (including phenoxy) is 1. The van der Waals surface area contributed by atoms with Crippen molar-refractivity contribution >= 4 is 12.0 Å². The van der Waals surface area contributed by atoms with Crippen LogP contribution in [0.3, 0.4) is 0 Å². The van der Waals surface area contributed by atoms with E-state index in [9.17, 15) is 4.79 Å². The van der Waals surface area contributed by atoms with Crippen molar-refractivity contribution in [2.75, 3.05) is 0 Å². The van der Waals surface area contributed by atoms with Crippen LogP contribution < -0.4 is 4.74 Å². The topological polar surface area (TPSA) is 26.3 Å². The predicted molar refractivity (Wildman–Crippen MR) is 70.6 cm³/mol. The molecule has 2 aromatic rings. The van der Waals surface area contributed by atoms with E-state index in [1.807, 2.05) is 36.4 Å². The highest BCUT2D eigenvalue weighted by Crippen LogP contribution is 2.24. The lowest BCUT2D eigenvalue weighted by molar-refractivity contribution is 0.0734. The molecule has 0 atom stereocenters. The summed E-state index contributed by atoms with van der Waals surface area (Å²) >= 11 is 0. The number of benzene rings is 2. The smallest absolute Gasteiger partial charge is 0.343 e. The summed E-state index contributed by atoms with van der Waals surface area (Å²) < 4.78 is 5.36. The van der Waals surface area contributed by atoms with Gasteiger partial charge in [-0.15, -0.1) is 0 Å². The Balaban J connectivity index is 1.80. The van der Waals surface area contributed by atoms with Gasteiger partial charge < -0.3 is 4.74 Å². The first-order valence-corrected chi connectivity index (χ1v) is 5.89. The van der Waals surface area contributed by atoms with E-state index in [4.69, 9.17) is 4.74 Å². The molecular weight excluding hydrogens is 224 g/mol. The molecule has 1 aliphatic carbocycles. The number of esters is 1. The lowest BCUT2D eigenvalue weighted by Crippen LogP contribution is -2.08. The van der Waals surface area contributed by atoms with Gasteiger partial charge in [-0.05, 0) is 41.8 Å². The molecule has 0 heterocycles. The van der Waals surface area contributed by atoms with Crippen LogP contribution in [-0.4, -0.2) is 5.97 Å². The molecule has 2 nitrogen and oxygen atoms in total. The summed E-state index contributed by atoms with van der Waals surface area (Å²) in [4.78, 5) is 11.9. The number of rotatable bonds is 2. The Bertz CT molecular complexity index is 612. The third kappa shape index (κ3) is 2.05. The summed E-state index contributed by atoms with van der Waals surface area (Å²) in [5.41, 5.74) is 2.97. The minimum Gasteiger partial charge on any atom is -0.423 e. The van der Waals surface area contributed by atoms with E-state index in [0.29, 0.717) is 11.3 Å². The first-order chi connectivity index (χ1) is 8.83. The van der Waals surface area contributed by atoms with Crippen LogP contribution in [-0.2, 0) is 6.42 Å². The van der Waals surface area contributed by atoms with Crippen molar-refractivity contribution in [1.29, 1.82) is 0 Å². The van der Waals surface area contributed by atoms with Crippen LogP contribution in [0.25, 0.3) is 6.08 Å². The second-order valence-electron chi connectivity index (χ2n) is 4.22. The standard InChI is InChI=1S/C16H12O2/c17-16(13-5-2-1-3-6-13)18-15-10-9-12-7-4-8-14(12)11-15/h1-7,9-11H,8H2. The molecule has 0 fully saturated rings. The molecule has 2 heteroatoms. The monoisotopic (exact) mass is 236 g/mol. The Hall–Kier alpha value is -2.35. The highest BCUT2D eigenvalue weighted by molar-refractivity contribution is 5.91. The average molecular weight is 236 g/mol. The molecule has 0 radical (unpaired) electrons. The zero-order valence-electron chi connectivity index (χ0n) is 9.80. The zero-order valence-corrected chi connectivity index (χ0v) is 9.80. The summed E-state index contributed by atoms with van der Waals surface area (Å²) in [7, 11) is 0. The fourth-order valence-corrected chi connectivity index (χ4v) is 2.04. The van der Waals surface area contributed by atoms with Crippen LogP contribution in [0.1, 0.15) is 21.5 Å². The molecular formula is C16H12O2. The van der Waals surface area contributed by atoms with Crippen LogP contribution in [0, 0.1) is 0 Å². The molecule has 2 aromatic carbocycles. The second kappa shape index (κ2) is 4.49. The van der Waals surface area contributed by atoms with Crippen molar-refractivity contribution in [2.45, 2.75) is 6.42 Å². The summed E-state index contributed by atoms with van der Waals surface area (Å²) in [5, 5.41) is 0. The minimum absolute atomic E-state index is 0.318. The maximum Gasteiger partial charge on any atom is 0.343 e. The van der Waals surface area contributed by atoms with Gasteiger partial charge in [-0.25, -0.2) is 4.79 Å². The molecule has 0 unspecified atom stereocenters.